The lowest BCUT2D eigenvalue weighted by Crippen LogP contribution is -2.32. The highest BCUT2D eigenvalue weighted by molar-refractivity contribution is 7.99. The molecule has 0 aliphatic carbocycles. The van der Waals surface area contributed by atoms with E-state index < -0.39 is 17.7 Å². The van der Waals surface area contributed by atoms with E-state index in [1.165, 1.54) is 30.0 Å². The fourth-order valence-corrected chi connectivity index (χ4v) is 2.22. The number of benzene rings is 1. The molecule has 1 amide bonds. The van der Waals surface area contributed by atoms with Crippen LogP contribution in [0.3, 0.4) is 0 Å². The van der Waals surface area contributed by atoms with Crippen LogP contribution in [-0.2, 0) is 4.74 Å². The maximum absolute atomic E-state index is 13.6. The van der Waals surface area contributed by atoms with Crippen LogP contribution >= 0.6 is 11.8 Å². The van der Waals surface area contributed by atoms with E-state index in [-0.39, 0.29) is 23.7 Å². The molecule has 0 bridgehead atoms. The van der Waals surface area contributed by atoms with E-state index in [9.17, 15) is 14.0 Å². The third-order valence-electron chi connectivity index (χ3n) is 2.45. The number of carboxylic acid groups (broad SMARTS) is 1. The van der Waals surface area contributed by atoms with E-state index in [1.54, 1.807) is 32.9 Å². The molecule has 0 aliphatic rings. The molecule has 0 heterocycles. The molecule has 0 saturated carbocycles. The van der Waals surface area contributed by atoms with Crippen LogP contribution in [0.4, 0.5) is 9.18 Å². The zero-order valence-corrected chi connectivity index (χ0v) is 14.1. The molecule has 1 aromatic carbocycles. The Labute approximate surface area is 138 Å². The molecule has 0 spiro atoms. The summed E-state index contributed by atoms with van der Waals surface area (Å²) in [4.78, 5) is 22.8. The molecule has 0 radical (unpaired) electrons. The number of carbonyl (C=O) groups is 2. The van der Waals surface area contributed by atoms with Crippen LogP contribution in [0.2, 0.25) is 0 Å². The van der Waals surface area contributed by atoms with E-state index in [0.717, 1.165) is 4.90 Å². The lowest BCUT2D eigenvalue weighted by molar-refractivity contribution is 0.0533. The van der Waals surface area contributed by atoms with Crippen LogP contribution in [0.5, 0.6) is 0 Å². The standard InChI is InChI=1S/C16H20FNO4S/c1-16(2,3)22-15(21)18-9-8-12(17)10-23-13-6-4-11(5-7-13)14(19)20/h4-8H,9-10H2,1-3H3,(H,18,21)(H,19,20). The number of hydrogen-bond donors (Lipinski definition) is 2. The Morgan fingerprint density at radius 3 is 2.43 bits per heavy atom. The van der Waals surface area contributed by atoms with Crippen molar-refractivity contribution >= 4 is 23.8 Å². The number of thioether (sulfide) groups is 1. The highest BCUT2D eigenvalue weighted by atomic mass is 32.2. The van der Waals surface area contributed by atoms with Gasteiger partial charge in [-0.2, -0.15) is 0 Å². The van der Waals surface area contributed by atoms with Gasteiger partial charge in [-0.1, -0.05) is 0 Å². The van der Waals surface area contributed by atoms with Crippen molar-refractivity contribution in [2.75, 3.05) is 12.3 Å². The highest BCUT2D eigenvalue weighted by Crippen LogP contribution is 2.21. The van der Waals surface area contributed by atoms with Gasteiger partial charge in [0.1, 0.15) is 11.4 Å². The summed E-state index contributed by atoms with van der Waals surface area (Å²) in [5, 5.41) is 11.2. The van der Waals surface area contributed by atoms with Crippen molar-refractivity contribution in [3.8, 4) is 0 Å². The fraction of sp³-hybridized carbons (Fsp3) is 0.375. The number of carboxylic acids is 1. The molecule has 7 heteroatoms. The molecule has 0 aromatic heterocycles. The third-order valence-corrected chi connectivity index (χ3v) is 3.47. The largest absolute Gasteiger partial charge is 0.478 e. The number of rotatable bonds is 6. The van der Waals surface area contributed by atoms with Gasteiger partial charge in [-0.3, -0.25) is 0 Å². The van der Waals surface area contributed by atoms with Gasteiger partial charge in [0.05, 0.1) is 5.56 Å². The second-order valence-corrected chi connectivity index (χ2v) is 6.70. The molecule has 1 aromatic rings. The van der Waals surface area contributed by atoms with Gasteiger partial charge in [0, 0.05) is 17.2 Å². The minimum atomic E-state index is -0.999. The Kier molecular flexibility index (Phi) is 7.09. The monoisotopic (exact) mass is 341 g/mol. The van der Waals surface area contributed by atoms with E-state index in [4.69, 9.17) is 9.84 Å². The zero-order valence-electron chi connectivity index (χ0n) is 13.3. The molecule has 23 heavy (non-hydrogen) atoms. The Hall–Kier alpha value is -2.02. The topological polar surface area (TPSA) is 75.6 Å². The molecule has 1 rings (SSSR count). The van der Waals surface area contributed by atoms with Crippen LogP contribution < -0.4 is 5.32 Å². The molecule has 0 unspecified atom stereocenters. The number of alkyl carbamates (subject to hydrolysis) is 1. The van der Waals surface area contributed by atoms with Crippen LogP contribution in [0.15, 0.2) is 41.1 Å². The maximum Gasteiger partial charge on any atom is 0.407 e. The molecule has 5 nitrogen and oxygen atoms in total. The average molecular weight is 341 g/mol. The van der Waals surface area contributed by atoms with Gasteiger partial charge < -0.3 is 15.2 Å². The highest BCUT2D eigenvalue weighted by Gasteiger charge is 2.15. The van der Waals surface area contributed by atoms with Crippen molar-refractivity contribution in [3.05, 3.63) is 41.7 Å². The molecular weight excluding hydrogens is 321 g/mol. The van der Waals surface area contributed by atoms with E-state index >= 15 is 0 Å². The normalized spacial score (nSPS) is 11.9. The van der Waals surface area contributed by atoms with Crippen molar-refractivity contribution < 1.29 is 23.8 Å². The van der Waals surface area contributed by atoms with Gasteiger partial charge in [-0.15, -0.1) is 11.8 Å². The summed E-state index contributed by atoms with van der Waals surface area (Å²) in [6.45, 7) is 5.28. The quantitative estimate of drug-likeness (QED) is 0.769. The number of ether oxygens (including phenoxy) is 1. The van der Waals surface area contributed by atoms with Crippen LogP contribution in [0, 0.1) is 0 Å². The lowest BCUT2D eigenvalue weighted by Gasteiger charge is -2.19. The van der Waals surface area contributed by atoms with Crippen LogP contribution in [-0.4, -0.2) is 35.1 Å². The van der Waals surface area contributed by atoms with Crippen molar-refractivity contribution in [1.29, 1.82) is 0 Å². The maximum atomic E-state index is 13.6. The summed E-state index contributed by atoms with van der Waals surface area (Å²) < 4.78 is 18.7. The van der Waals surface area contributed by atoms with Gasteiger partial charge in [0.2, 0.25) is 0 Å². The smallest absolute Gasteiger partial charge is 0.407 e. The predicted molar refractivity (Wildman–Crippen MR) is 87.6 cm³/mol. The van der Waals surface area contributed by atoms with Crippen molar-refractivity contribution in [2.24, 2.45) is 0 Å². The Morgan fingerprint density at radius 1 is 1.30 bits per heavy atom. The lowest BCUT2D eigenvalue weighted by atomic mass is 10.2. The van der Waals surface area contributed by atoms with E-state index in [2.05, 4.69) is 5.32 Å². The molecule has 126 valence electrons. The number of amides is 1. The second kappa shape index (κ2) is 8.57. The Morgan fingerprint density at radius 2 is 1.91 bits per heavy atom. The van der Waals surface area contributed by atoms with Crippen LogP contribution in [0.25, 0.3) is 0 Å². The SMILES string of the molecule is CC(C)(C)OC(=O)NCC=C(F)CSc1ccc(C(=O)O)cc1. The number of nitrogens with one attached hydrogen (secondary N) is 1. The summed E-state index contributed by atoms with van der Waals surface area (Å²) in [5.74, 6) is -1.28. The molecule has 0 saturated heterocycles. The minimum Gasteiger partial charge on any atom is -0.478 e. The van der Waals surface area contributed by atoms with E-state index in [1.807, 2.05) is 0 Å². The first-order valence-corrected chi connectivity index (χ1v) is 7.93. The summed E-state index contributed by atoms with van der Waals surface area (Å²) in [6.07, 6.45) is 0.668. The van der Waals surface area contributed by atoms with Gasteiger partial charge in [0.15, 0.2) is 0 Å². The van der Waals surface area contributed by atoms with Gasteiger partial charge >= 0.3 is 12.1 Å². The number of carbonyl (C=O) groups excluding carboxylic acids is 1. The van der Waals surface area contributed by atoms with Crippen LogP contribution in [0.1, 0.15) is 31.1 Å². The summed E-state index contributed by atoms with van der Waals surface area (Å²) in [7, 11) is 0. The molecule has 0 fully saturated rings. The molecule has 0 aliphatic heterocycles. The number of hydrogen-bond acceptors (Lipinski definition) is 4. The van der Waals surface area contributed by atoms with Crippen molar-refractivity contribution in [3.63, 3.8) is 0 Å². The summed E-state index contributed by atoms with van der Waals surface area (Å²) in [5.41, 5.74) is -0.406. The Bertz CT molecular complexity index is 579. The molecule has 0 atom stereocenters. The van der Waals surface area contributed by atoms with Gasteiger partial charge in [-0.25, -0.2) is 14.0 Å². The predicted octanol–water partition coefficient (Wildman–Crippen LogP) is 3.86. The van der Waals surface area contributed by atoms with Crippen molar-refractivity contribution in [2.45, 2.75) is 31.3 Å². The van der Waals surface area contributed by atoms with Crippen molar-refractivity contribution in [1.82, 2.24) is 5.32 Å². The minimum absolute atomic E-state index is 0.0409. The molecule has 2 N–H and O–H groups in total. The first kappa shape index (κ1) is 19.0. The second-order valence-electron chi connectivity index (χ2n) is 5.65. The number of aromatic carboxylic acids is 1. The average Bonchev–Trinajstić information content (AvgIpc) is 2.43. The van der Waals surface area contributed by atoms with Gasteiger partial charge in [-0.05, 0) is 51.1 Å². The first-order chi connectivity index (χ1) is 10.7. The van der Waals surface area contributed by atoms with Gasteiger partial charge in [0.25, 0.3) is 0 Å². The first-order valence-electron chi connectivity index (χ1n) is 6.95. The zero-order chi connectivity index (χ0) is 17.5. The fourth-order valence-electron chi connectivity index (χ4n) is 1.46. The Balaban J connectivity index is 2.36. The van der Waals surface area contributed by atoms with E-state index in [0.29, 0.717) is 0 Å². The molecular formula is C16H20FNO4S. The number of halogens is 1. The summed E-state index contributed by atoms with van der Waals surface area (Å²) >= 11 is 1.24. The third kappa shape index (κ3) is 8.25. The summed E-state index contributed by atoms with van der Waals surface area (Å²) in [6, 6.07) is 6.19.